The molecule has 6 heteroatoms. The Morgan fingerprint density at radius 3 is 2.62 bits per heavy atom. The van der Waals surface area contributed by atoms with E-state index in [9.17, 15) is 14.7 Å². The average Bonchev–Trinajstić information content (AvgIpc) is 3.04. The number of aliphatic carboxylic acids is 1. The molecule has 1 heterocycles. The summed E-state index contributed by atoms with van der Waals surface area (Å²) in [5, 5.41) is 11.4. The van der Waals surface area contributed by atoms with Crippen molar-refractivity contribution >= 4 is 39.1 Å². The van der Waals surface area contributed by atoms with Gasteiger partial charge in [0, 0.05) is 13.6 Å². The van der Waals surface area contributed by atoms with Crippen LogP contribution in [0, 0.1) is 17.8 Å². The highest BCUT2D eigenvalue weighted by Gasteiger charge is 2.43. The number of carboxylic acids is 1. The van der Waals surface area contributed by atoms with Gasteiger partial charge in [0.25, 0.3) is 0 Å². The highest BCUT2D eigenvalue weighted by Crippen LogP contribution is 2.39. The summed E-state index contributed by atoms with van der Waals surface area (Å²) in [5.41, 5.74) is 1.07. The Kier molecular flexibility index (Phi) is 5.43. The van der Waals surface area contributed by atoms with Crippen LogP contribution in [0.4, 0.5) is 0 Å². The number of hydrogen-bond donors (Lipinski definition) is 1. The van der Waals surface area contributed by atoms with Crippen LogP contribution < -0.4 is 0 Å². The van der Waals surface area contributed by atoms with Crippen LogP contribution in [0.25, 0.3) is 0 Å². The quantitative estimate of drug-likeness (QED) is 0.857. The van der Waals surface area contributed by atoms with Crippen LogP contribution in [0.15, 0.2) is 15.2 Å². The van der Waals surface area contributed by atoms with E-state index in [1.807, 2.05) is 11.4 Å². The molecule has 1 aromatic rings. The number of carbonyl (C=O) groups is 2. The zero-order chi connectivity index (χ0) is 15.6. The lowest BCUT2D eigenvalue weighted by Crippen LogP contribution is -2.36. The zero-order valence-corrected chi connectivity index (χ0v) is 14.6. The molecule has 0 aliphatic heterocycles. The van der Waals surface area contributed by atoms with Crippen LogP contribution in [-0.2, 0) is 16.1 Å². The maximum Gasteiger partial charge on any atom is 0.307 e. The fourth-order valence-electron chi connectivity index (χ4n) is 3.09. The molecular formula is C15H20BrNO3S. The first kappa shape index (κ1) is 16.5. The molecule has 1 fully saturated rings. The fourth-order valence-corrected chi connectivity index (χ4v) is 4.29. The number of carbonyl (C=O) groups excluding carboxylic acids is 1. The lowest BCUT2D eigenvalue weighted by molar-refractivity contribution is -0.148. The van der Waals surface area contributed by atoms with Gasteiger partial charge in [0.05, 0.1) is 15.6 Å². The van der Waals surface area contributed by atoms with Crippen LogP contribution in [0.3, 0.4) is 0 Å². The second-order valence-corrected chi connectivity index (χ2v) is 8.04. The Morgan fingerprint density at radius 2 is 2.10 bits per heavy atom. The highest BCUT2D eigenvalue weighted by molar-refractivity contribution is 9.11. The molecule has 1 aliphatic carbocycles. The molecule has 1 unspecified atom stereocenters. The summed E-state index contributed by atoms with van der Waals surface area (Å²) in [6, 6.07) is 1.99. The number of hydrogen-bond acceptors (Lipinski definition) is 3. The molecule has 3 atom stereocenters. The third kappa shape index (κ3) is 3.86. The van der Waals surface area contributed by atoms with E-state index >= 15 is 0 Å². The van der Waals surface area contributed by atoms with E-state index in [0.29, 0.717) is 25.3 Å². The Bertz CT molecular complexity index is 531. The van der Waals surface area contributed by atoms with E-state index in [0.717, 1.165) is 15.8 Å². The number of amides is 1. The van der Waals surface area contributed by atoms with E-state index in [2.05, 4.69) is 22.9 Å². The number of rotatable bonds is 5. The van der Waals surface area contributed by atoms with Gasteiger partial charge in [-0.25, -0.2) is 0 Å². The smallest absolute Gasteiger partial charge is 0.307 e. The van der Waals surface area contributed by atoms with E-state index in [1.165, 1.54) is 0 Å². The van der Waals surface area contributed by atoms with Crippen molar-refractivity contribution in [2.75, 3.05) is 7.05 Å². The maximum atomic E-state index is 12.6. The van der Waals surface area contributed by atoms with Gasteiger partial charge < -0.3 is 10.0 Å². The van der Waals surface area contributed by atoms with Crippen molar-refractivity contribution in [3.63, 3.8) is 0 Å². The monoisotopic (exact) mass is 373 g/mol. The predicted molar refractivity (Wildman–Crippen MR) is 86.1 cm³/mol. The van der Waals surface area contributed by atoms with Gasteiger partial charge in [0.15, 0.2) is 0 Å². The molecule has 2 rings (SSSR count). The molecule has 0 radical (unpaired) electrons. The van der Waals surface area contributed by atoms with Gasteiger partial charge in [-0.2, -0.15) is 0 Å². The lowest BCUT2D eigenvalue weighted by atomic mass is 9.95. The molecule has 1 saturated carbocycles. The zero-order valence-electron chi connectivity index (χ0n) is 12.2. The van der Waals surface area contributed by atoms with Crippen LogP contribution in [0.5, 0.6) is 0 Å². The number of halogens is 1. The Labute approximate surface area is 137 Å². The number of thiophene rings is 1. The Hall–Kier alpha value is -0.880. The van der Waals surface area contributed by atoms with E-state index in [4.69, 9.17) is 0 Å². The van der Waals surface area contributed by atoms with Crippen LogP contribution in [0.2, 0.25) is 0 Å². The van der Waals surface area contributed by atoms with Gasteiger partial charge in [-0.3, -0.25) is 9.59 Å². The van der Waals surface area contributed by atoms with Gasteiger partial charge in [-0.15, -0.1) is 11.3 Å². The van der Waals surface area contributed by atoms with Gasteiger partial charge >= 0.3 is 5.97 Å². The second-order valence-electron chi connectivity index (χ2n) is 5.75. The van der Waals surface area contributed by atoms with Gasteiger partial charge in [0.1, 0.15) is 0 Å². The SMILES string of the molecule is CCC1C[C@H](C(=O)N(C)Cc2csc(Br)c2)[C@H](C(=O)O)C1. The van der Waals surface area contributed by atoms with Crippen LogP contribution >= 0.6 is 27.3 Å². The molecule has 116 valence electrons. The molecule has 0 spiro atoms. The summed E-state index contributed by atoms with van der Waals surface area (Å²) < 4.78 is 1.04. The van der Waals surface area contributed by atoms with Crippen LogP contribution in [0.1, 0.15) is 31.7 Å². The molecule has 4 nitrogen and oxygen atoms in total. The summed E-state index contributed by atoms with van der Waals surface area (Å²) in [6.45, 7) is 2.59. The van der Waals surface area contributed by atoms with Crippen molar-refractivity contribution in [3.05, 3.63) is 20.8 Å². The lowest BCUT2D eigenvalue weighted by Gasteiger charge is -2.23. The van der Waals surface area contributed by atoms with Crippen molar-refractivity contribution < 1.29 is 14.7 Å². The van der Waals surface area contributed by atoms with Crippen molar-refractivity contribution in [1.29, 1.82) is 0 Å². The maximum absolute atomic E-state index is 12.6. The molecule has 0 aromatic carbocycles. The number of nitrogens with zero attached hydrogens (tertiary/aromatic N) is 1. The summed E-state index contributed by atoms with van der Waals surface area (Å²) in [7, 11) is 1.76. The summed E-state index contributed by atoms with van der Waals surface area (Å²) in [6.07, 6.45) is 2.26. The molecule has 0 saturated heterocycles. The first-order valence-corrected chi connectivity index (χ1v) is 8.80. The van der Waals surface area contributed by atoms with Crippen LogP contribution in [-0.4, -0.2) is 28.9 Å². The third-order valence-corrected chi connectivity index (χ3v) is 5.84. The standard InChI is InChI=1S/C15H20BrNO3S/c1-3-9-4-11(12(5-9)15(19)20)14(18)17(2)7-10-6-13(16)21-8-10/h6,8-9,11-12H,3-5,7H2,1-2H3,(H,19,20)/t9?,11-,12+/m0/s1. The Balaban J connectivity index is 2.05. The molecule has 1 amide bonds. The van der Waals surface area contributed by atoms with Gasteiger partial charge in [-0.05, 0) is 51.7 Å². The van der Waals surface area contributed by atoms with Gasteiger partial charge in [0.2, 0.25) is 5.91 Å². The Morgan fingerprint density at radius 1 is 1.43 bits per heavy atom. The first-order chi connectivity index (χ1) is 9.92. The van der Waals surface area contributed by atoms with Crippen molar-refractivity contribution in [2.24, 2.45) is 17.8 Å². The largest absolute Gasteiger partial charge is 0.481 e. The van der Waals surface area contributed by atoms with E-state index in [-0.39, 0.29) is 11.8 Å². The molecule has 1 aliphatic rings. The second kappa shape index (κ2) is 6.92. The fraction of sp³-hybridized carbons (Fsp3) is 0.600. The average molecular weight is 374 g/mol. The molecule has 21 heavy (non-hydrogen) atoms. The minimum Gasteiger partial charge on any atom is -0.481 e. The summed E-state index contributed by atoms with van der Waals surface area (Å²) in [4.78, 5) is 25.6. The molecule has 0 bridgehead atoms. The molecular weight excluding hydrogens is 354 g/mol. The van der Waals surface area contributed by atoms with E-state index in [1.54, 1.807) is 23.3 Å². The third-order valence-electron chi connectivity index (χ3n) is 4.29. The minimum atomic E-state index is -0.837. The van der Waals surface area contributed by atoms with Gasteiger partial charge in [-0.1, -0.05) is 13.3 Å². The van der Waals surface area contributed by atoms with Crippen molar-refractivity contribution in [2.45, 2.75) is 32.7 Å². The minimum absolute atomic E-state index is 0.0410. The molecule has 1 N–H and O–H groups in total. The van der Waals surface area contributed by atoms with E-state index < -0.39 is 11.9 Å². The molecule has 1 aromatic heterocycles. The van der Waals surface area contributed by atoms with Crippen molar-refractivity contribution in [3.8, 4) is 0 Å². The normalized spacial score (nSPS) is 25.0. The summed E-state index contributed by atoms with van der Waals surface area (Å²) >= 11 is 4.99. The van der Waals surface area contributed by atoms with Crippen molar-refractivity contribution in [1.82, 2.24) is 4.90 Å². The topological polar surface area (TPSA) is 57.6 Å². The predicted octanol–water partition coefficient (Wildman–Crippen LogP) is 3.61. The number of carboxylic acid groups (broad SMARTS) is 1. The highest BCUT2D eigenvalue weighted by atomic mass is 79.9. The summed E-state index contributed by atoms with van der Waals surface area (Å²) in [5.74, 6) is -1.43. The first-order valence-electron chi connectivity index (χ1n) is 7.13.